The second-order valence-corrected chi connectivity index (χ2v) is 17.1. The molecular formula is C28H44Br2CoN3. The third kappa shape index (κ3) is 7.49. The van der Waals surface area contributed by atoms with Crippen molar-refractivity contribution in [2.45, 2.75) is 80.1 Å². The molecule has 0 atom stereocenters. The van der Waals surface area contributed by atoms with Gasteiger partial charge in [-0.15, -0.1) is 0 Å². The number of anilines is 2. The number of nitrogens with zero attached hydrogens (tertiary/aromatic N) is 1. The van der Waals surface area contributed by atoms with Crippen LogP contribution < -0.4 is 15.1 Å². The minimum atomic E-state index is -0.472. The van der Waals surface area contributed by atoms with Gasteiger partial charge in [-0.1, -0.05) is 20.8 Å². The van der Waals surface area contributed by atoms with Gasteiger partial charge >= 0.3 is 196 Å². The van der Waals surface area contributed by atoms with Crippen LogP contribution in [0.3, 0.4) is 0 Å². The van der Waals surface area contributed by atoms with Gasteiger partial charge < -0.3 is 0 Å². The number of likely N-dealkylation sites (N-methyl/N-ethyl adjacent to an activating group) is 1. The molecule has 0 spiro atoms. The van der Waals surface area contributed by atoms with Crippen molar-refractivity contribution in [1.82, 2.24) is 4.90 Å². The Morgan fingerprint density at radius 1 is 0.706 bits per heavy atom. The van der Waals surface area contributed by atoms with Gasteiger partial charge in [0.25, 0.3) is 0 Å². The van der Waals surface area contributed by atoms with E-state index >= 15 is 0 Å². The van der Waals surface area contributed by atoms with Crippen LogP contribution in [0, 0.1) is 0 Å². The van der Waals surface area contributed by atoms with Crippen LogP contribution in [0.1, 0.15) is 74.9 Å². The molecule has 6 heteroatoms. The average Bonchev–Trinajstić information content (AvgIpc) is 2.85. The molecule has 34 heavy (non-hydrogen) atoms. The fourth-order valence-electron chi connectivity index (χ4n) is 4.56. The van der Waals surface area contributed by atoms with Gasteiger partial charge in [-0.25, -0.2) is 0 Å². The van der Waals surface area contributed by atoms with Crippen molar-refractivity contribution in [2.24, 2.45) is 0 Å². The maximum atomic E-state index is 3.85. The Morgan fingerprint density at radius 3 is 1.74 bits per heavy atom. The Hall–Kier alpha value is -0.534. The molecule has 0 unspecified atom stereocenters. The molecule has 0 aliphatic rings. The van der Waals surface area contributed by atoms with Crippen molar-refractivity contribution in [3.63, 3.8) is 0 Å². The molecule has 0 aliphatic carbocycles. The van der Waals surface area contributed by atoms with E-state index in [-0.39, 0.29) is 0 Å². The van der Waals surface area contributed by atoms with Gasteiger partial charge in [0.15, 0.2) is 0 Å². The van der Waals surface area contributed by atoms with Crippen molar-refractivity contribution in [3.8, 4) is 0 Å². The summed E-state index contributed by atoms with van der Waals surface area (Å²) in [7, 11) is 1.73. The summed E-state index contributed by atoms with van der Waals surface area (Å²) in [5.74, 6) is 0. The summed E-state index contributed by atoms with van der Waals surface area (Å²) in [4.78, 5) is 2.38. The maximum absolute atomic E-state index is 3.85. The number of nitrogens with one attached hydrogen (secondary N) is 2. The van der Waals surface area contributed by atoms with Crippen LogP contribution in [0.25, 0.3) is 0 Å². The number of benzene rings is 2. The molecule has 2 N–H and O–H groups in total. The molecule has 0 heterocycles. The molecular weight excluding hydrogens is 597 g/mol. The first-order valence-electron chi connectivity index (χ1n) is 12.8. The quantitative estimate of drug-likeness (QED) is 0.212. The molecule has 0 saturated heterocycles. The van der Waals surface area contributed by atoms with E-state index < -0.39 is 10.1 Å². The zero-order chi connectivity index (χ0) is 25.3. The van der Waals surface area contributed by atoms with E-state index in [4.69, 9.17) is 0 Å². The van der Waals surface area contributed by atoms with E-state index in [2.05, 4.69) is 111 Å². The summed E-state index contributed by atoms with van der Waals surface area (Å²) >= 11 is 7.70. The van der Waals surface area contributed by atoms with E-state index in [9.17, 15) is 0 Å². The van der Waals surface area contributed by atoms with Crippen molar-refractivity contribution >= 4 is 44.2 Å². The zero-order valence-electron chi connectivity index (χ0n) is 22.1. The molecule has 194 valence electrons. The summed E-state index contributed by atoms with van der Waals surface area (Å²) in [6, 6.07) is 7.17. The minimum Gasteiger partial charge on any atom is -0.0612 e. The average molecular weight is 641 g/mol. The smallest absolute Gasteiger partial charge is 0.0612 e. The Kier molecular flexibility index (Phi) is 13.0. The van der Waals surface area contributed by atoms with Crippen LogP contribution in [-0.4, -0.2) is 31.7 Å². The van der Waals surface area contributed by atoms with Crippen molar-refractivity contribution < 1.29 is 10.1 Å². The molecule has 0 aliphatic heterocycles. The standard InChI is InChI=1S/C28H44N3.2BrH.Co/c1-8-21-16-23(10-3)27(24(11-4)17-21)29-14-15-31(7)20-30-28-25(12-5)18-22(9-2)19-26(28)13-6;;;/h16-18,29-30H,8-15,20H2,1-7H3;2*1H;/q;;;+2/p-2. The zero-order valence-corrected chi connectivity index (χ0v) is 26.3. The summed E-state index contributed by atoms with van der Waals surface area (Å²) < 4.78 is 1.45. The van der Waals surface area contributed by atoms with Crippen LogP contribution in [0.2, 0.25) is 0 Å². The van der Waals surface area contributed by atoms with Crippen LogP contribution in [0.5, 0.6) is 0 Å². The number of halogens is 2. The van der Waals surface area contributed by atoms with Crippen molar-refractivity contribution in [2.75, 3.05) is 37.4 Å². The van der Waals surface area contributed by atoms with Crippen LogP contribution in [0.4, 0.5) is 11.4 Å². The number of hydrogen-bond donors (Lipinski definition) is 2. The molecule has 0 saturated carbocycles. The van der Waals surface area contributed by atoms with Gasteiger partial charge in [0.05, 0.1) is 0 Å². The van der Waals surface area contributed by atoms with E-state index in [0.29, 0.717) is 0 Å². The molecule has 2 aromatic rings. The summed E-state index contributed by atoms with van der Waals surface area (Å²) in [6.45, 7) is 16.3. The van der Waals surface area contributed by atoms with Crippen LogP contribution >= 0.6 is 28.3 Å². The molecule has 3 nitrogen and oxygen atoms in total. The fraction of sp³-hybridized carbons (Fsp3) is 0.571. The first kappa shape index (κ1) is 29.7. The fourth-order valence-corrected chi connectivity index (χ4v) is 8.34. The second kappa shape index (κ2) is 14.9. The first-order chi connectivity index (χ1) is 16.3. The van der Waals surface area contributed by atoms with Crippen LogP contribution in [0.15, 0.2) is 18.2 Å². The third-order valence-corrected chi connectivity index (χ3v) is 9.81. The summed E-state index contributed by atoms with van der Waals surface area (Å²) in [6.07, 6.45) is 6.38. The molecule has 0 radical (unpaired) electrons. The summed E-state index contributed by atoms with van der Waals surface area (Å²) in [5, 5.41) is 7.57. The molecule has 2 rings (SSSR count). The third-order valence-electron chi connectivity index (χ3n) is 6.58. The van der Waals surface area contributed by atoms with Gasteiger partial charge in [0.2, 0.25) is 0 Å². The number of rotatable bonds is 14. The first-order valence-corrected chi connectivity index (χ1v) is 18.5. The number of hydrogen-bond acceptors (Lipinski definition) is 3. The van der Waals surface area contributed by atoms with Gasteiger partial charge in [-0.3, -0.25) is 0 Å². The topological polar surface area (TPSA) is 27.3 Å². The Bertz CT molecular complexity index is 905. The molecule has 0 fully saturated rings. The molecule has 2 aromatic carbocycles. The van der Waals surface area contributed by atoms with E-state index in [1.54, 1.807) is 0 Å². The Morgan fingerprint density at radius 2 is 1.26 bits per heavy atom. The SMILES string of the molecule is CCc1cc(CC)c(NCCN(C)CNc2c(CC)cc(CC)[c]([Co]([Br])[Br])c2CC)c(CC)c1. The normalized spacial score (nSPS) is 11.8. The Labute approximate surface area is 227 Å². The summed E-state index contributed by atoms with van der Waals surface area (Å²) in [5.41, 5.74) is 11.4. The van der Waals surface area contributed by atoms with Crippen LogP contribution in [-0.2, 0) is 48.6 Å². The minimum absolute atomic E-state index is 0.472. The van der Waals surface area contributed by atoms with Gasteiger partial charge in [0.1, 0.15) is 0 Å². The number of aryl methyl sites for hydroxylation is 5. The Balaban J connectivity index is 2.10. The predicted octanol–water partition coefficient (Wildman–Crippen LogP) is 7.34. The molecule has 0 amide bonds. The van der Waals surface area contributed by atoms with Crippen molar-refractivity contribution in [1.29, 1.82) is 0 Å². The van der Waals surface area contributed by atoms with E-state index in [0.717, 1.165) is 58.3 Å². The van der Waals surface area contributed by atoms with Gasteiger partial charge in [0, 0.05) is 0 Å². The van der Waals surface area contributed by atoms with E-state index in [1.807, 2.05) is 0 Å². The molecule has 0 aromatic heterocycles. The van der Waals surface area contributed by atoms with E-state index in [1.165, 1.54) is 49.3 Å². The molecule has 0 bridgehead atoms. The predicted molar refractivity (Wildman–Crippen MR) is 156 cm³/mol. The van der Waals surface area contributed by atoms with Gasteiger partial charge in [-0.2, -0.15) is 0 Å². The van der Waals surface area contributed by atoms with Gasteiger partial charge in [-0.05, 0) is 12.0 Å². The van der Waals surface area contributed by atoms with Crippen molar-refractivity contribution in [3.05, 3.63) is 51.6 Å². The monoisotopic (exact) mass is 639 g/mol. The second-order valence-electron chi connectivity index (χ2n) is 8.77.